The number of rotatable bonds is 7. The lowest BCUT2D eigenvalue weighted by Crippen LogP contribution is -2.39. The summed E-state index contributed by atoms with van der Waals surface area (Å²) in [5, 5.41) is 5.97. The van der Waals surface area contributed by atoms with Gasteiger partial charge in [-0.1, -0.05) is 30.3 Å². The van der Waals surface area contributed by atoms with E-state index in [9.17, 15) is 22.8 Å². The van der Waals surface area contributed by atoms with E-state index in [2.05, 4.69) is 5.10 Å². The zero-order valence-corrected chi connectivity index (χ0v) is 21.0. The van der Waals surface area contributed by atoms with Crippen molar-refractivity contribution >= 4 is 17.5 Å². The third kappa shape index (κ3) is 5.64. The summed E-state index contributed by atoms with van der Waals surface area (Å²) in [6.45, 7) is -0.320. The van der Waals surface area contributed by atoms with Crippen LogP contribution in [0.4, 0.5) is 13.2 Å². The third-order valence-corrected chi connectivity index (χ3v) is 6.25. The van der Waals surface area contributed by atoms with Crippen LogP contribution < -0.4 is 9.47 Å². The molecule has 1 atom stereocenters. The Hall–Kier alpha value is -4.34. The molecule has 3 aromatic carbocycles. The number of carbonyl (C=O) groups is 2. The summed E-state index contributed by atoms with van der Waals surface area (Å²) in [6, 6.07) is 18.2. The molecule has 7 nitrogen and oxygen atoms in total. The average molecular weight is 526 g/mol. The first-order chi connectivity index (χ1) is 18.1. The summed E-state index contributed by atoms with van der Waals surface area (Å²) in [7, 11) is 4.51. The van der Waals surface area contributed by atoms with Crippen LogP contribution in [0.2, 0.25) is 0 Å². The van der Waals surface area contributed by atoms with E-state index in [1.807, 2.05) is 36.4 Å². The number of hydrogen-bond acceptors (Lipinski definition) is 5. The number of ether oxygens (including phenoxy) is 2. The zero-order chi connectivity index (χ0) is 27.4. The van der Waals surface area contributed by atoms with E-state index in [4.69, 9.17) is 9.47 Å². The monoisotopic (exact) mass is 525 g/mol. The molecule has 0 N–H and O–H groups in total. The minimum absolute atomic E-state index is 0.0430. The van der Waals surface area contributed by atoms with Gasteiger partial charge < -0.3 is 14.4 Å². The molecule has 3 aromatic rings. The van der Waals surface area contributed by atoms with Crippen molar-refractivity contribution in [1.29, 1.82) is 0 Å². The van der Waals surface area contributed by atoms with Crippen LogP contribution in [-0.2, 0) is 11.0 Å². The Labute approximate surface area is 218 Å². The molecule has 0 saturated carbocycles. The van der Waals surface area contributed by atoms with Gasteiger partial charge in [-0.25, -0.2) is 5.01 Å². The average Bonchev–Trinajstić information content (AvgIpc) is 3.38. The summed E-state index contributed by atoms with van der Waals surface area (Å²) in [4.78, 5) is 27.4. The van der Waals surface area contributed by atoms with Gasteiger partial charge in [0, 0.05) is 30.7 Å². The standard InChI is InChI=1S/C28H26F3N3O4/c1-33(27(36)19-9-11-20(12-10-19)28(29,30)31)17-26(35)34-24(18-7-5-4-6-8-18)16-23(32-34)22-14-13-21(37-2)15-25(22)38-3/h4-15,24H,16-17H2,1-3H3/t24-/m1/s1. The van der Waals surface area contributed by atoms with Crippen LogP contribution in [0.25, 0.3) is 0 Å². The number of benzene rings is 3. The summed E-state index contributed by atoms with van der Waals surface area (Å²) in [5.41, 5.74) is 1.39. The van der Waals surface area contributed by atoms with Crippen molar-refractivity contribution in [3.63, 3.8) is 0 Å². The second-order valence-electron chi connectivity index (χ2n) is 8.72. The van der Waals surface area contributed by atoms with Crippen molar-refractivity contribution in [2.45, 2.75) is 18.6 Å². The molecule has 10 heteroatoms. The maximum absolute atomic E-state index is 13.4. The van der Waals surface area contributed by atoms with Crippen LogP contribution in [0.3, 0.4) is 0 Å². The predicted octanol–water partition coefficient (Wildman–Crippen LogP) is 5.17. The molecular formula is C28H26F3N3O4. The third-order valence-electron chi connectivity index (χ3n) is 6.25. The summed E-state index contributed by atoms with van der Waals surface area (Å²) < 4.78 is 49.4. The van der Waals surface area contributed by atoms with Gasteiger partial charge in [0.25, 0.3) is 11.8 Å². The maximum Gasteiger partial charge on any atom is 0.416 e. The Kier molecular flexibility index (Phi) is 7.70. The van der Waals surface area contributed by atoms with E-state index in [-0.39, 0.29) is 12.1 Å². The highest BCUT2D eigenvalue weighted by Crippen LogP contribution is 2.36. The van der Waals surface area contributed by atoms with Crippen molar-refractivity contribution < 1.29 is 32.2 Å². The minimum Gasteiger partial charge on any atom is -0.497 e. The van der Waals surface area contributed by atoms with Crippen LogP contribution in [0.5, 0.6) is 11.5 Å². The fourth-order valence-electron chi connectivity index (χ4n) is 4.24. The van der Waals surface area contributed by atoms with Crippen molar-refractivity contribution in [2.24, 2.45) is 5.10 Å². The summed E-state index contributed by atoms with van der Waals surface area (Å²) in [6.07, 6.45) is -4.09. The van der Waals surface area contributed by atoms with Crippen LogP contribution in [0.15, 0.2) is 77.9 Å². The second kappa shape index (κ2) is 11.0. The largest absolute Gasteiger partial charge is 0.497 e. The highest BCUT2D eigenvalue weighted by Gasteiger charge is 2.35. The Morgan fingerprint density at radius 3 is 2.29 bits per heavy atom. The number of nitrogens with zero attached hydrogens (tertiary/aromatic N) is 3. The lowest BCUT2D eigenvalue weighted by molar-refractivity contribution is -0.137. The Morgan fingerprint density at radius 1 is 1.00 bits per heavy atom. The number of amides is 2. The smallest absolute Gasteiger partial charge is 0.416 e. The molecule has 0 aliphatic carbocycles. The highest BCUT2D eigenvalue weighted by atomic mass is 19.4. The molecule has 0 saturated heterocycles. The van der Waals surface area contributed by atoms with Gasteiger partial charge in [-0.3, -0.25) is 9.59 Å². The molecule has 0 aromatic heterocycles. The number of halogens is 3. The SMILES string of the molecule is COc1ccc(C2=NN(C(=O)CN(C)C(=O)c3ccc(C(F)(F)F)cc3)[C@@H](c3ccccc3)C2)c(OC)c1. The van der Waals surface area contributed by atoms with Crippen molar-refractivity contribution in [3.05, 3.63) is 95.1 Å². The molecule has 4 rings (SSSR count). The Bertz CT molecular complexity index is 1340. The number of methoxy groups -OCH3 is 2. The van der Waals surface area contributed by atoms with Crippen LogP contribution in [0.1, 0.15) is 39.5 Å². The molecule has 198 valence electrons. The van der Waals surface area contributed by atoms with Crippen molar-refractivity contribution in [2.75, 3.05) is 27.8 Å². The molecule has 0 unspecified atom stereocenters. The first-order valence-electron chi connectivity index (χ1n) is 11.7. The van der Waals surface area contributed by atoms with Gasteiger partial charge in [0.1, 0.15) is 18.0 Å². The van der Waals surface area contributed by atoms with E-state index in [0.717, 1.165) is 34.7 Å². The fourth-order valence-corrected chi connectivity index (χ4v) is 4.24. The molecule has 0 radical (unpaired) electrons. The molecule has 0 fully saturated rings. The van der Waals surface area contributed by atoms with Gasteiger partial charge >= 0.3 is 6.18 Å². The number of hydrazone groups is 1. The van der Waals surface area contributed by atoms with Gasteiger partial charge in [0.05, 0.1) is 31.5 Å². The summed E-state index contributed by atoms with van der Waals surface area (Å²) >= 11 is 0. The second-order valence-corrected chi connectivity index (χ2v) is 8.72. The van der Waals surface area contributed by atoms with Gasteiger partial charge in [-0.15, -0.1) is 0 Å². The number of hydrogen-bond donors (Lipinski definition) is 0. The number of likely N-dealkylation sites (N-methyl/N-ethyl adjacent to an activating group) is 1. The first kappa shape index (κ1) is 26.7. The van der Waals surface area contributed by atoms with Crippen molar-refractivity contribution in [3.8, 4) is 11.5 Å². The lowest BCUT2D eigenvalue weighted by Gasteiger charge is -2.25. The van der Waals surface area contributed by atoms with Crippen LogP contribution in [-0.4, -0.2) is 55.2 Å². The number of carbonyl (C=O) groups excluding carboxylic acids is 2. The molecule has 2 amide bonds. The molecule has 1 aliphatic rings. The summed E-state index contributed by atoms with van der Waals surface area (Å²) in [5.74, 6) is 0.131. The van der Waals surface area contributed by atoms with Crippen LogP contribution in [0, 0.1) is 0 Å². The van der Waals surface area contributed by atoms with Crippen molar-refractivity contribution in [1.82, 2.24) is 9.91 Å². The minimum atomic E-state index is -4.51. The lowest BCUT2D eigenvalue weighted by atomic mass is 9.98. The van der Waals surface area contributed by atoms with E-state index in [1.54, 1.807) is 19.2 Å². The van der Waals surface area contributed by atoms with E-state index in [0.29, 0.717) is 29.2 Å². The molecule has 1 aliphatic heterocycles. The van der Waals surface area contributed by atoms with Gasteiger partial charge in [0.15, 0.2) is 0 Å². The maximum atomic E-state index is 13.4. The fraction of sp³-hybridized carbons (Fsp3) is 0.250. The van der Waals surface area contributed by atoms with Gasteiger partial charge in [0.2, 0.25) is 0 Å². The zero-order valence-electron chi connectivity index (χ0n) is 21.0. The number of alkyl halides is 3. The molecule has 38 heavy (non-hydrogen) atoms. The van der Waals surface area contributed by atoms with E-state index in [1.165, 1.54) is 19.2 Å². The topological polar surface area (TPSA) is 71.4 Å². The normalized spacial score (nSPS) is 15.2. The highest BCUT2D eigenvalue weighted by molar-refractivity contribution is 6.05. The van der Waals surface area contributed by atoms with Gasteiger partial charge in [-0.05, 0) is 42.0 Å². The molecule has 0 bridgehead atoms. The quantitative estimate of drug-likeness (QED) is 0.427. The first-order valence-corrected chi connectivity index (χ1v) is 11.7. The Morgan fingerprint density at radius 2 is 1.68 bits per heavy atom. The molecular weight excluding hydrogens is 499 g/mol. The van der Waals surface area contributed by atoms with E-state index >= 15 is 0 Å². The van der Waals surface area contributed by atoms with E-state index < -0.39 is 29.6 Å². The van der Waals surface area contributed by atoms with Crippen LogP contribution >= 0.6 is 0 Å². The molecule has 1 heterocycles. The predicted molar refractivity (Wildman–Crippen MR) is 135 cm³/mol. The Balaban J connectivity index is 1.58. The molecule has 0 spiro atoms. The van der Waals surface area contributed by atoms with Gasteiger partial charge in [-0.2, -0.15) is 18.3 Å².